The van der Waals surface area contributed by atoms with Crippen molar-refractivity contribution in [3.05, 3.63) is 35.5 Å². The highest BCUT2D eigenvalue weighted by Gasteiger charge is 2.38. The zero-order valence-electron chi connectivity index (χ0n) is 20.6. The molecule has 10 heteroatoms. The summed E-state index contributed by atoms with van der Waals surface area (Å²) in [4.78, 5) is 17.9. The van der Waals surface area contributed by atoms with Gasteiger partial charge in [-0.05, 0) is 25.3 Å². The van der Waals surface area contributed by atoms with E-state index >= 15 is 0 Å². The summed E-state index contributed by atoms with van der Waals surface area (Å²) < 4.78 is 39.5. The molecule has 3 aliphatic heterocycles. The van der Waals surface area contributed by atoms with E-state index in [1.807, 2.05) is 17.0 Å². The molecule has 2 saturated heterocycles. The standard InChI is InChI=1S/C26H34N4O5S/c31-26(29-10-14-35-15-11-29)19-4-3-5-20(16-19)30-25-21-6-1-2-7-24(21)36(32,33)18-22(25)23(27-30)17-28-8-12-34-13-9-28/h1-2,6-7,19-20H,3-5,8-18H2. The van der Waals surface area contributed by atoms with Crippen LogP contribution >= 0.6 is 0 Å². The maximum Gasteiger partial charge on any atom is 0.225 e. The zero-order chi connectivity index (χ0) is 24.7. The molecule has 0 bridgehead atoms. The number of ether oxygens (including phenoxy) is 2. The number of hydrogen-bond acceptors (Lipinski definition) is 7. The molecule has 1 aromatic carbocycles. The third-order valence-corrected chi connectivity index (χ3v) is 9.74. The molecule has 36 heavy (non-hydrogen) atoms. The van der Waals surface area contributed by atoms with Gasteiger partial charge >= 0.3 is 0 Å². The fourth-order valence-corrected chi connectivity index (χ4v) is 7.79. The van der Waals surface area contributed by atoms with Crippen molar-refractivity contribution in [3.63, 3.8) is 0 Å². The molecule has 0 spiro atoms. The van der Waals surface area contributed by atoms with Gasteiger partial charge in [0.25, 0.3) is 0 Å². The predicted octanol–water partition coefficient (Wildman–Crippen LogP) is 2.26. The first-order valence-corrected chi connectivity index (χ1v) is 14.8. The number of sulfone groups is 1. The van der Waals surface area contributed by atoms with E-state index in [0.29, 0.717) is 51.0 Å². The second-order valence-corrected chi connectivity index (χ2v) is 12.3. The molecule has 0 radical (unpaired) electrons. The zero-order valence-corrected chi connectivity index (χ0v) is 21.4. The number of amides is 1. The molecule has 9 nitrogen and oxygen atoms in total. The monoisotopic (exact) mass is 514 g/mol. The van der Waals surface area contributed by atoms with Crippen molar-refractivity contribution in [2.24, 2.45) is 5.92 Å². The summed E-state index contributed by atoms with van der Waals surface area (Å²) in [6.45, 7) is 6.11. The second kappa shape index (κ2) is 9.89. The molecule has 4 aliphatic rings. The maximum absolute atomic E-state index is 13.3. The van der Waals surface area contributed by atoms with Gasteiger partial charge in [-0.25, -0.2) is 8.42 Å². The van der Waals surface area contributed by atoms with Crippen LogP contribution in [0.25, 0.3) is 11.3 Å². The normalized spacial score (nSPS) is 26.3. The van der Waals surface area contributed by atoms with Crippen molar-refractivity contribution in [2.75, 3.05) is 52.6 Å². The molecule has 2 aromatic rings. The Morgan fingerprint density at radius 3 is 2.50 bits per heavy atom. The Bertz CT molecular complexity index is 1230. The highest BCUT2D eigenvalue weighted by molar-refractivity contribution is 7.90. The van der Waals surface area contributed by atoms with E-state index in [4.69, 9.17) is 14.6 Å². The topological polar surface area (TPSA) is 94.0 Å². The summed E-state index contributed by atoms with van der Waals surface area (Å²) in [6.07, 6.45) is 3.52. The van der Waals surface area contributed by atoms with Crippen LogP contribution in [0.1, 0.15) is 43.0 Å². The molecular weight excluding hydrogens is 480 g/mol. The Hall–Kier alpha value is -2.27. The first-order chi connectivity index (χ1) is 17.5. The molecule has 4 heterocycles. The quantitative estimate of drug-likeness (QED) is 0.618. The van der Waals surface area contributed by atoms with E-state index in [-0.39, 0.29) is 23.6 Å². The van der Waals surface area contributed by atoms with Crippen molar-refractivity contribution < 1.29 is 22.7 Å². The van der Waals surface area contributed by atoms with Gasteiger partial charge in [-0.15, -0.1) is 0 Å². The van der Waals surface area contributed by atoms with Crippen molar-refractivity contribution >= 4 is 15.7 Å². The van der Waals surface area contributed by atoms with Crippen molar-refractivity contribution in [1.82, 2.24) is 19.6 Å². The number of nitrogens with zero attached hydrogens (tertiary/aromatic N) is 4. The van der Waals surface area contributed by atoms with Crippen LogP contribution in [0.2, 0.25) is 0 Å². The van der Waals surface area contributed by atoms with Crippen LogP contribution in [0, 0.1) is 5.92 Å². The molecule has 2 atom stereocenters. The van der Waals surface area contributed by atoms with Gasteiger partial charge in [0.15, 0.2) is 9.84 Å². The van der Waals surface area contributed by atoms with Gasteiger partial charge in [-0.3, -0.25) is 14.4 Å². The second-order valence-electron chi connectivity index (χ2n) is 10.3. The van der Waals surface area contributed by atoms with Crippen LogP contribution in [0.4, 0.5) is 0 Å². The Labute approximate surface area is 212 Å². The van der Waals surface area contributed by atoms with Gasteiger partial charge in [-0.1, -0.05) is 24.6 Å². The summed E-state index contributed by atoms with van der Waals surface area (Å²) in [5.41, 5.74) is 3.32. The highest BCUT2D eigenvalue weighted by atomic mass is 32.2. The smallest absolute Gasteiger partial charge is 0.225 e. The Kier molecular flexibility index (Phi) is 6.62. The average molecular weight is 515 g/mol. The van der Waals surface area contributed by atoms with Gasteiger partial charge < -0.3 is 14.4 Å². The summed E-state index contributed by atoms with van der Waals surface area (Å²) in [7, 11) is -3.44. The molecule has 3 fully saturated rings. The first kappa shape index (κ1) is 24.1. The molecule has 2 unspecified atom stereocenters. The van der Waals surface area contributed by atoms with Crippen LogP contribution in [-0.2, 0) is 36.4 Å². The van der Waals surface area contributed by atoms with Crippen LogP contribution in [0.3, 0.4) is 0 Å². The van der Waals surface area contributed by atoms with Crippen LogP contribution in [0.15, 0.2) is 29.2 Å². The first-order valence-electron chi connectivity index (χ1n) is 13.1. The number of morpholine rings is 2. The minimum Gasteiger partial charge on any atom is -0.379 e. The average Bonchev–Trinajstić information content (AvgIpc) is 3.26. The fourth-order valence-electron chi connectivity index (χ4n) is 6.17. The van der Waals surface area contributed by atoms with Gasteiger partial charge in [-0.2, -0.15) is 5.10 Å². The predicted molar refractivity (Wildman–Crippen MR) is 133 cm³/mol. The molecular formula is C26H34N4O5S. The molecule has 1 saturated carbocycles. The van der Waals surface area contributed by atoms with Gasteiger partial charge in [0, 0.05) is 49.8 Å². The Morgan fingerprint density at radius 2 is 1.72 bits per heavy atom. The lowest BCUT2D eigenvalue weighted by Gasteiger charge is -2.35. The number of fused-ring (bicyclic) bond motifs is 3. The van der Waals surface area contributed by atoms with E-state index in [1.54, 1.807) is 12.1 Å². The SMILES string of the molecule is O=C(C1CCCC(n2nc(CN3CCOCC3)c3c2-c2ccccc2S(=O)(=O)C3)C1)N1CCOCC1. The number of carbonyl (C=O) groups is 1. The number of aromatic nitrogens is 2. The minimum atomic E-state index is -3.44. The number of hydrogen-bond donors (Lipinski definition) is 0. The van der Waals surface area contributed by atoms with Crippen molar-refractivity contribution in [3.8, 4) is 11.3 Å². The van der Waals surface area contributed by atoms with Gasteiger partial charge in [0.05, 0.1) is 54.5 Å². The van der Waals surface area contributed by atoms with Gasteiger partial charge in [0.2, 0.25) is 5.91 Å². The lowest BCUT2D eigenvalue weighted by atomic mass is 9.84. The van der Waals surface area contributed by atoms with E-state index < -0.39 is 9.84 Å². The summed E-state index contributed by atoms with van der Waals surface area (Å²) in [6, 6.07) is 7.36. The third-order valence-electron chi connectivity index (χ3n) is 8.04. The van der Waals surface area contributed by atoms with Crippen molar-refractivity contribution in [2.45, 2.75) is 48.9 Å². The molecule has 194 valence electrons. The number of rotatable bonds is 4. The Balaban J connectivity index is 1.36. The van der Waals surface area contributed by atoms with Crippen LogP contribution < -0.4 is 0 Å². The van der Waals surface area contributed by atoms with Gasteiger partial charge in [0.1, 0.15) is 0 Å². The lowest BCUT2D eigenvalue weighted by Crippen LogP contribution is -2.44. The Morgan fingerprint density at radius 1 is 1.00 bits per heavy atom. The largest absolute Gasteiger partial charge is 0.379 e. The van der Waals surface area contributed by atoms with Crippen molar-refractivity contribution in [1.29, 1.82) is 0 Å². The summed E-state index contributed by atoms with van der Waals surface area (Å²) >= 11 is 0. The van der Waals surface area contributed by atoms with E-state index in [0.717, 1.165) is 61.3 Å². The van der Waals surface area contributed by atoms with E-state index in [9.17, 15) is 13.2 Å². The highest BCUT2D eigenvalue weighted by Crippen LogP contribution is 2.43. The molecule has 1 amide bonds. The molecule has 6 rings (SSSR count). The molecule has 0 N–H and O–H groups in total. The van der Waals surface area contributed by atoms with E-state index in [2.05, 4.69) is 9.58 Å². The molecule has 1 aromatic heterocycles. The van der Waals surface area contributed by atoms with Crippen LogP contribution in [-0.4, -0.2) is 86.5 Å². The number of benzene rings is 1. The minimum absolute atomic E-state index is 0.0259. The summed E-state index contributed by atoms with van der Waals surface area (Å²) in [5.74, 6) is 0.162. The van der Waals surface area contributed by atoms with E-state index in [1.165, 1.54) is 0 Å². The fraction of sp³-hybridized carbons (Fsp3) is 0.615. The maximum atomic E-state index is 13.3. The number of carbonyl (C=O) groups excluding carboxylic acids is 1. The lowest BCUT2D eigenvalue weighted by molar-refractivity contribution is -0.141. The van der Waals surface area contributed by atoms with Crippen LogP contribution in [0.5, 0.6) is 0 Å². The molecule has 1 aliphatic carbocycles. The summed E-state index contributed by atoms with van der Waals surface area (Å²) in [5, 5.41) is 5.11. The third kappa shape index (κ3) is 4.49.